The summed E-state index contributed by atoms with van der Waals surface area (Å²) in [6.45, 7) is 1.55. The van der Waals surface area contributed by atoms with E-state index in [4.69, 9.17) is 0 Å². The summed E-state index contributed by atoms with van der Waals surface area (Å²) in [6.07, 6.45) is 2.18. The van der Waals surface area contributed by atoms with Crippen LogP contribution in [0.2, 0.25) is 0 Å². The van der Waals surface area contributed by atoms with Gasteiger partial charge in [0.2, 0.25) is 5.82 Å². The molecule has 1 aromatic carbocycles. The van der Waals surface area contributed by atoms with E-state index in [1.807, 2.05) is 6.92 Å². The van der Waals surface area contributed by atoms with Gasteiger partial charge in [-0.25, -0.2) is 22.0 Å². The van der Waals surface area contributed by atoms with Crippen molar-refractivity contribution < 1.29 is 27.1 Å². The van der Waals surface area contributed by atoms with Crippen molar-refractivity contribution in [2.45, 2.75) is 38.1 Å². The van der Waals surface area contributed by atoms with Crippen molar-refractivity contribution >= 4 is 5.69 Å². The van der Waals surface area contributed by atoms with Crippen LogP contribution >= 0.6 is 0 Å². The van der Waals surface area contributed by atoms with Crippen LogP contribution in [-0.4, -0.2) is 17.3 Å². The van der Waals surface area contributed by atoms with Crippen molar-refractivity contribution in [2.24, 2.45) is 5.92 Å². The van der Waals surface area contributed by atoms with Crippen LogP contribution in [0.3, 0.4) is 0 Å². The molecule has 0 unspecified atom stereocenters. The molecule has 0 bridgehead atoms. The SMILES string of the molecule is CC1CCC(CO)(Nc2c(F)c(F)c(F)c(F)c2F)CC1. The molecule has 1 aliphatic rings. The smallest absolute Gasteiger partial charge is 0.200 e. The highest BCUT2D eigenvalue weighted by Gasteiger charge is 2.37. The molecular weight excluding hydrogens is 293 g/mol. The normalized spacial score (nSPS) is 26.0. The van der Waals surface area contributed by atoms with Crippen molar-refractivity contribution in [1.29, 1.82) is 0 Å². The number of benzene rings is 1. The minimum Gasteiger partial charge on any atom is -0.394 e. The van der Waals surface area contributed by atoms with Crippen LogP contribution in [0.1, 0.15) is 32.6 Å². The van der Waals surface area contributed by atoms with Crippen molar-refractivity contribution in [3.05, 3.63) is 29.1 Å². The maximum Gasteiger partial charge on any atom is 0.200 e. The van der Waals surface area contributed by atoms with E-state index in [2.05, 4.69) is 5.32 Å². The van der Waals surface area contributed by atoms with E-state index in [0.29, 0.717) is 31.6 Å². The van der Waals surface area contributed by atoms with E-state index in [0.717, 1.165) is 0 Å². The van der Waals surface area contributed by atoms with Crippen LogP contribution in [0.4, 0.5) is 27.6 Å². The average molecular weight is 309 g/mol. The lowest BCUT2D eigenvalue weighted by atomic mass is 9.77. The summed E-state index contributed by atoms with van der Waals surface area (Å²) in [5, 5.41) is 11.9. The molecule has 0 aliphatic heterocycles. The van der Waals surface area contributed by atoms with Gasteiger partial charge in [0, 0.05) is 0 Å². The predicted molar refractivity (Wildman–Crippen MR) is 67.3 cm³/mol. The van der Waals surface area contributed by atoms with Crippen molar-refractivity contribution in [2.75, 3.05) is 11.9 Å². The number of rotatable bonds is 3. The summed E-state index contributed by atoms with van der Waals surface area (Å²) < 4.78 is 66.7. The van der Waals surface area contributed by atoms with Crippen LogP contribution in [0.15, 0.2) is 0 Å². The maximum atomic E-state index is 13.7. The second kappa shape index (κ2) is 5.79. The Morgan fingerprint density at radius 2 is 1.38 bits per heavy atom. The molecule has 118 valence electrons. The number of nitrogens with one attached hydrogen (secondary N) is 1. The third kappa shape index (κ3) is 2.84. The zero-order valence-corrected chi connectivity index (χ0v) is 11.4. The maximum absolute atomic E-state index is 13.7. The van der Waals surface area contributed by atoms with Gasteiger partial charge >= 0.3 is 0 Å². The Morgan fingerprint density at radius 1 is 0.952 bits per heavy atom. The molecule has 7 heteroatoms. The summed E-state index contributed by atoms with van der Waals surface area (Å²) in [4.78, 5) is 0. The molecule has 2 rings (SSSR count). The Kier molecular flexibility index (Phi) is 4.41. The number of hydrogen-bond acceptors (Lipinski definition) is 2. The molecule has 1 aromatic rings. The largest absolute Gasteiger partial charge is 0.394 e. The monoisotopic (exact) mass is 309 g/mol. The molecular formula is C14H16F5NO. The number of aliphatic hydroxyl groups excluding tert-OH is 1. The number of anilines is 1. The highest BCUT2D eigenvalue weighted by molar-refractivity contribution is 5.50. The molecule has 1 aliphatic carbocycles. The Labute approximate surface area is 119 Å². The van der Waals surface area contributed by atoms with Gasteiger partial charge in [-0.05, 0) is 31.6 Å². The van der Waals surface area contributed by atoms with Gasteiger partial charge in [0.1, 0.15) is 5.69 Å². The molecule has 21 heavy (non-hydrogen) atoms. The molecule has 0 spiro atoms. The Hall–Kier alpha value is -1.37. The van der Waals surface area contributed by atoms with Crippen LogP contribution in [0.5, 0.6) is 0 Å². The standard InChI is InChI=1S/C14H16F5NO/c1-7-2-4-14(6-21,5-3-7)20-13-11(18)9(16)8(15)10(17)12(13)19/h7,20-21H,2-6H2,1H3. The lowest BCUT2D eigenvalue weighted by Crippen LogP contribution is -2.45. The summed E-state index contributed by atoms with van der Waals surface area (Å²) in [5.41, 5.74) is -2.14. The molecule has 0 amide bonds. The Morgan fingerprint density at radius 3 is 1.81 bits per heavy atom. The molecule has 1 fully saturated rings. The fourth-order valence-corrected chi connectivity index (χ4v) is 2.62. The van der Waals surface area contributed by atoms with Crippen molar-refractivity contribution in [1.82, 2.24) is 0 Å². The number of aliphatic hydroxyl groups is 1. The first-order valence-electron chi connectivity index (χ1n) is 6.72. The lowest BCUT2D eigenvalue weighted by Gasteiger charge is -2.39. The van der Waals surface area contributed by atoms with Gasteiger partial charge in [0.25, 0.3) is 0 Å². The average Bonchev–Trinajstić information content (AvgIpc) is 2.50. The third-order valence-electron chi connectivity index (χ3n) is 4.13. The number of halogens is 5. The first-order chi connectivity index (χ1) is 9.81. The number of hydrogen-bond donors (Lipinski definition) is 2. The molecule has 2 nitrogen and oxygen atoms in total. The van der Waals surface area contributed by atoms with Crippen LogP contribution in [0.25, 0.3) is 0 Å². The molecule has 0 atom stereocenters. The predicted octanol–water partition coefficient (Wildman–Crippen LogP) is 3.74. The summed E-state index contributed by atoms with van der Waals surface area (Å²) in [6, 6.07) is 0. The summed E-state index contributed by atoms with van der Waals surface area (Å²) in [7, 11) is 0. The van der Waals surface area contributed by atoms with Gasteiger partial charge in [-0.15, -0.1) is 0 Å². The van der Waals surface area contributed by atoms with Crippen molar-refractivity contribution in [3.63, 3.8) is 0 Å². The molecule has 0 radical (unpaired) electrons. The van der Waals surface area contributed by atoms with Crippen molar-refractivity contribution in [3.8, 4) is 0 Å². The first-order valence-corrected chi connectivity index (χ1v) is 6.72. The zero-order chi connectivity index (χ0) is 15.8. The van der Waals surface area contributed by atoms with E-state index in [-0.39, 0.29) is 0 Å². The topological polar surface area (TPSA) is 32.3 Å². The fourth-order valence-electron chi connectivity index (χ4n) is 2.62. The van der Waals surface area contributed by atoms with Crippen LogP contribution in [0, 0.1) is 35.0 Å². The van der Waals surface area contributed by atoms with E-state index >= 15 is 0 Å². The summed E-state index contributed by atoms with van der Waals surface area (Å²) in [5.74, 6) is -9.59. The van der Waals surface area contributed by atoms with Gasteiger partial charge < -0.3 is 10.4 Å². The van der Waals surface area contributed by atoms with E-state index in [9.17, 15) is 27.1 Å². The van der Waals surface area contributed by atoms with Gasteiger partial charge in [-0.3, -0.25) is 0 Å². The van der Waals surface area contributed by atoms with E-state index < -0.39 is 46.9 Å². The quantitative estimate of drug-likeness (QED) is 0.506. The van der Waals surface area contributed by atoms with E-state index in [1.165, 1.54) is 0 Å². The second-order valence-corrected chi connectivity index (χ2v) is 5.69. The third-order valence-corrected chi connectivity index (χ3v) is 4.13. The van der Waals surface area contributed by atoms with Gasteiger partial charge in [-0.1, -0.05) is 6.92 Å². The second-order valence-electron chi connectivity index (χ2n) is 5.69. The Balaban J connectivity index is 2.39. The molecule has 0 heterocycles. The fraction of sp³-hybridized carbons (Fsp3) is 0.571. The van der Waals surface area contributed by atoms with Crippen LogP contribution < -0.4 is 5.32 Å². The minimum absolute atomic E-state index is 0.392. The van der Waals surface area contributed by atoms with Gasteiger partial charge in [0.05, 0.1) is 12.1 Å². The highest BCUT2D eigenvalue weighted by atomic mass is 19.2. The zero-order valence-electron chi connectivity index (χ0n) is 11.4. The Bertz CT molecular complexity index is 512. The highest BCUT2D eigenvalue weighted by Crippen LogP contribution is 2.37. The lowest BCUT2D eigenvalue weighted by molar-refractivity contribution is 0.154. The minimum atomic E-state index is -2.19. The summed E-state index contributed by atoms with van der Waals surface area (Å²) >= 11 is 0. The van der Waals surface area contributed by atoms with E-state index in [1.54, 1.807) is 0 Å². The van der Waals surface area contributed by atoms with Gasteiger partial charge in [0.15, 0.2) is 23.3 Å². The molecule has 0 aromatic heterocycles. The van der Waals surface area contributed by atoms with Gasteiger partial charge in [-0.2, -0.15) is 0 Å². The van der Waals surface area contributed by atoms with Crippen LogP contribution in [-0.2, 0) is 0 Å². The molecule has 1 saturated carbocycles. The molecule has 0 saturated heterocycles. The molecule has 2 N–H and O–H groups in total. The first kappa shape index (κ1) is 16.0.